The third kappa shape index (κ3) is 2.39. The average molecular weight is 205 g/mol. The molecule has 0 bridgehead atoms. The van der Waals surface area contributed by atoms with Gasteiger partial charge in [-0.15, -0.1) is 0 Å². The summed E-state index contributed by atoms with van der Waals surface area (Å²) in [6.45, 7) is 4.63. The Morgan fingerprint density at radius 3 is 3.07 bits per heavy atom. The lowest BCUT2D eigenvalue weighted by molar-refractivity contribution is 0.186. The van der Waals surface area contributed by atoms with Crippen molar-refractivity contribution in [2.45, 2.75) is 38.8 Å². The summed E-state index contributed by atoms with van der Waals surface area (Å²) in [5.74, 6) is 0. The van der Waals surface area contributed by atoms with Crippen molar-refractivity contribution in [2.24, 2.45) is 0 Å². The number of aliphatic hydroxyl groups excluding tert-OH is 1. The van der Waals surface area contributed by atoms with E-state index in [0.29, 0.717) is 12.6 Å². The Balaban J connectivity index is 2.08. The van der Waals surface area contributed by atoms with Gasteiger partial charge in [-0.1, -0.05) is 23.8 Å². The van der Waals surface area contributed by atoms with Crippen LogP contribution in [-0.4, -0.2) is 17.8 Å². The molecule has 0 radical (unpaired) electrons. The molecule has 2 nitrogen and oxygen atoms in total. The van der Waals surface area contributed by atoms with E-state index in [1.54, 1.807) is 0 Å². The highest BCUT2D eigenvalue weighted by molar-refractivity contribution is 5.37. The molecule has 0 fully saturated rings. The summed E-state index contributed by atoms with van der Waals surface area (Å²) >= 11 is 0. The van der Waals surface area contributed by atoms with Crippen LogP contribution in [0.25, 0.3) is 0 Å². The van der Waals surface area contributed by atoms with Gasteiger partial charge in [0.2, 0.25) is 0 Å². The number of aryl methyl sites for hydroxylation is 2. The van der Waals surface area contributed by atoms with Crippen LogP contribution >= 0.6 is 0 Å². The molecule has 15 heavy (non-hydrogen) atoms. The minimum atomic E-state index is -0.264. The van der Waals surface area contributed by atoms with Gasteiger partial charge in [0, 0.05) is 12.6 Å². The fourth-order valence-corrected chi connectivity index (χ4v) is 2.27. The van der Waals surface area contributed by atoms with Gasteiger partial charge >= 0.3 is 0 Å². The van der Waals surface area contributed by atoms with Crippen LogP contribution in [0.3, 0.4) is 0 Å². The zero-order chi connectivity index (χ0) is 10.8. The van der Waals surface area contributed by atoms with Crippen LogP contribution in [0.5, 0.6) is 0 Å². The predicted molar refractivity (Wildman–Crippen MR) is 61.9 cm³/mol. The largest absolute Gasteiger partial charge is 0.392 e. The number of benzene rings is 1. The Bertz CT molecular complexity index is 346. The third-order valence-corrected chi connectivity index (χ3v) is 3.04. The number of nitrogens with one attached hydrogen (secondary N) is 1. The van der Waals surface area contributed by atoms with E-state index in [1.165, 1.54) is 16.7 Å². The summed E-state index contributed by atoms with van der Waals surface area (Å²) in [6, 6.07) is 7.10. The second-order valence-corrected chi connectivity index (χ2v) is 4.55. The lowest BCUT2D eigenvalue weighted by Gasteiger charge is -2.15. The van der Waals surface area contributed by atoms with Crippen molar-refractivity contribution in [1.29, 1.82) is 0 Å². The molecule has 2 heteroatoms. The van der Waals surface area contributed by atoms with Crippen molar-refractivity contribution < 1.29 is 5.11 Å². The second-order valence-electron chi connectivity index (χ2n) is 4.55. The molecule has 0 saturated carbocycles. The van der Waals surface area contributed by atoms with Crippen LogP contribution in [-0.2, 0) is 6.42 Å². The molecule has 0 heterocycles. The minimum absolute atomic E-state index is 0.264. The maximum atomic E-state index is 9.24. The van der Waals surface area contributed by atoms with Crippen LogP contribution in [0, 0.1) is 6.92 Å². The maximum absolute atomic E-state index is 9.24. The van der Waals surface area contributed by atoms with E-state index in [1.807, 2.05) is 6.92 Å². The number of fused-ring (bicyclic) bond motifs is 1. The van der Waals surface area contributed by atoms with Crippen molar-refractivity contribution in [2.75, 3.05) is 6.54 Å². The fourth-order valence-electron chi connectivity index (χ4n) is 2.27. The molecule has 2 N–H and O–H groups in total. The molecule has 2 unspecified atom stereocenters. The van der Waals surface area contributed by atoms with E-state index in [9.17, 15) is 5.11 Å². The normalized spacial score (nSPS) is 21.4. The molecule has 1 aromatic rings. The highest BCUT2D eigenvalue weighted by Gasteiger charge is 2.21. The molecule has 82 valence electrons. The molecule has 1 aliphatic rings. The van der Waals surface area contributed by atoms with Gasteiger partial charge in [-0.3, -0.25) is 0 Å². The molecule has 0 spiro atoms. The molecule has 0 amide bonds. The third-order valence-electron chi connectivity index (χ3n) is 3.04. The lowest BCUT2D eigenvalue weighted by atomic mass is 10.1. The molecule has 0 aliphatic heterocycles. The van der Waals surface area contributed by atoms with Gasteiger partial charge in [0.15, 0.2) is 0 Å². The van der Waals surface area contributed by atoms with Crippen LogP contribution in [0.15, 0.2) is 18.2 Å². The highest BCUT2D eigenvalue weighted by Crippen LogP contribution is 2.31. The van der Waals surface area contributed by atoms with E-state index >= 15 is 0 Å². The van der Waals surface area contributed by atoms with Gasteiger partial charge in [-0.25, -0.2) is 0 Å². The van der Waals surface area contributed by atoms with Crippen molar-refractivity contribution in [1.82, 2.24) is 5.32 Å². The van der Waals surface area contributed by atoms with Crippen molar-refractivity contribution in [3.63, 3.8) is 0 Å². The average Bonchev–Trinajstić information content (AvgIpc) is 2.57. The Kier molecular flexibility index (Phi) is 3.08. The SMILES string of the molecule is Cc1ccc2c(c1)CCC2NCC(C)O. The van der Waals surface area contributed by atoms with E-state index in [2.05, 4.69) is 30.4 Å². The van der Waals surface area contributed by atoms with Crippen molar-refractivity contribution in [3.8, 4) is 0 Å². The Labute approximate surface area is 91.3 Å². The van der Waals surface area contributed by atoms with Gasteiger partial charge in [0.05, 0.1) is 6.10 Å². The molecular weight excluding hydrogens is 186 g/mol. The fraction of sp³-hybridized carbons (Fsp3) is 0.538. The maximum Gasteiger partial charge on any atom is 0.0636 e. The van der Waals surface area contributed by atoms with E-state index in [4.69, 9.17) is 0 Å². The number of hydrogen-bond donors (Lipinski definition) is 2. The van der Waals surface area contributed by atoms with Gasteiger partial charge < -0.3 is 10.4 Å². The first-order chi connectivity index (χ1) is 7.16. The monoisotopic (exact) mass is 205 g/mol. The summed E-state index contributed by atoms with van der Waals surface area (Å²) in [6.07, 6.45) is 2.06. The summed E-state index contributed by atoms with van der Waals surface area (Å²) < 4.78 is 0. The quantitative estimate of drug-likeness (QED) is 0.790. The molecule has 2 atom stereocenters. The molecule has 2 rings (SSSR count). The molecule has 1 aliphatic carbocycles. The molecular formula is C13H19NO. The second kappa shape index (κ2) is 4.33. The van der Waals surface area contributed by atoms with Gasteiger partial charge in [0.25, 0.3) is 0 Å². The summed E-state index contributed by atoms with van der Waals surface area (Å²) in [4.78, 5) is 0. The lowest BCUT2D eigenvalue weighted by Crippen LogP contribution is -2.27. The smallest absolute Gasteiger partial charge is 0.0636 e. The van der Waals surface area contributed by atoms with Crippen molar-refractivity contribution >= 4 is 0 Å². The van der Waals surface area contributed by atoms with Gasteiger partial charge in [-0.05, 0) is 37.8 Å². The number of aliphatic hydroxyl groups is 1. The standard InChI is InChI=1S/C13H19NO/c1-9-3-5-12-11(7-9)4-6-13(12)14-8-10(2)15/h3,5,7,10,13-15H,4,6,8H2,1-2H3. The Hall–Kier alpha value is -0.860. The van der Waals surface area contributed by atoms with E-state index in [-0.39, 0.29) is 6.10 Å². The van der Waals surface area contributed by atoms with Gasteiger partial charge in [-0.2, -0.15) is 0 Å². The zero-order valence-electron chi connectivity index (χ0n) is 9.46. The topological polar surface area (TPSA) is 32.3 Å². The first-order valence-corrected chi connectivity index (χ1v) is 5.67. The van der Waals surface area contributed by atoms with Crippen LogP contribution in [0.4, 0.5) is 0 Å². The zero-order valence-corrected chi connectivity index (χ0v) is 9.46. The van der Waals surface area contributed by atoms with Crippen LogP contribution in [0.1, 0.15) is 36.1 Å². The Morgan fingerprint density at radius 1 is 1.53 bits per heavy atom. The molecule has 0 saturated heterocycles. The Morgan fingerprint density at radius 2 is 2.33 bits per heavy atom. The summed E-state index contributed by atoms with van der Waals surface area (Å²) in [5, 5.41) is 12.6. The number of rotatable bonds is 3. The predicted octanol–water partition coefficient (Wildman–Crippen LogP) is 1.95. The minimum Gasteiger partial charge on any atom is -0.392 e. The first-order valence-electron chi connectivity index (χ1n) is 5.67. The van der Waals surface area contributed by atoms with E-state index in [0.717, 1.165) is 12.8 Å². The van der Waals surface area contributed by atoms with E-state index < -0.39 is 0 Å². The number of hydrogen-bond acceptors (Lipinski definition) is 2. The summed E-state index contributed by atoms with van der Waals surface area (Å²) in [7, 11) is 0. The van der Waals surface area contributed by atoms with Crippen LogP contribution < -0.4 is 5.32 Å². The van der Waals surface area contributed by atoms with Crippen molar-refractivity contribution in [3.05, 3.63) is 34.9 Å². The molecule has 1 aromatic carbocycles. The van der Waals surface area contributed by atoms with Crippen LogP contribution in [0.2, 0.25) is 0 Å². The van der Waals surface area contributed by atoms with Gasteiger partial charge in [0.1, 0.15) is 0 Å². The summed E-state index contributed by atoms with van der Waals surface area (Å²) in [5.41, 5.74) is 4.23. The first kappa shape index (κ1) is 10.7. The highest BCUT2D eigenvalue weighted by atomic mass is 16.3. The molecule has 0 aromatic heterocycles.